The molecule has 24 rings (SSSR count). The van der Waals surface area contributed by atoms with E-state index in [9.17, 15) is 19.2 Å². The Hall–Kier alpha value is -12.0. The summed E-state index contributed by atoms with van der Waals surface area (Å²) in [7, 11) is 5.51. The first-order chi connectivity index (χ1) is 65.2. The predicted molar refractivity (Wildman–Crippen MR) is 515 cm³/mol. The highest BCUT2D eigenvalue weighted by atomic mass is 19.2. The zero-order valence-corrected chi connectivity index (χ0v) is 77.6. The van der Waals surface area contributed by atoms with Crippen LogP contribution in [0.1, 0.15) is 180 Å². The third kappa shape index (κ3) is 16.0. The molecule has 8 fully saturated rings. The molecule has 134 heavy (non-hydrogen) atoms. The quantitative estimate of drug-likeness (QED) is 0.0793. The molecule has 6 unspecified atom stereocenters. The predicted octanol–water partition coefficient (Wildman–Crippen LogP) is 19.4. The van der Waals surface area contributed by atoms with E-state index in [-0.39, 0.29) is 71.4 Å². The summed E-state index contributed by atoms with van der Waals surface area (Å²) in [6, 6.07) is 57.3. The molecule has 4 aromatic heterocycles. The molecule has 4 aliphatic carbocycles. The van der Waals surface area contributed by atoms with E-state index in [2.05, 4.69) is 108 Å². The van der Waals surface area contributed by atoms with Gasteiger partial charge in [-0.05, 0) is 197 Å². The lowest BCUT2D eigenvalue weighted by Gasteiger charge is -2.30. The summed E-state index contributed by atoms with van der Waals surface area (Å²) in [6.45, 7) is 13.3. The van der Waals surface area contributed by atoms with Crippen molar-refractivity contribution in [2.45, 2.75) is 214 Å². The average Bonchev–Trinajstić information content (AvgIpc) is 1.58. The van der Waals surface area contributed by atoms with Gasteiger partial charge in [0.1, 0.15) is 11.6 Å². The largest absolute Gasteiger partial charge is 0.307 e. The molecule has 4 saturated carbocycles. The van der Waals surface area contributed by atoms with Crippen LogP contribution in [0, 0.1) is 29.2 Å². The lowest BCUT2D eigenvalue weighted by Crippen LogP contribution is -2.44. The van der Waals surface area contributed by atoms with E-state index in [4.69, 9.17) is 0 Å². The smallest absolute Gasteiger partial charge is 0.239 e. The van der Waals surface area contributed by atoms with E-state index in [0.29, 0.717) is 59.9 Å². The summed E-state index contributed by atoms with van der Waals surface area (Å²) in [6.07, 6.45) is 36.8. The standard InChI is InChI=1S/2C28H31FN4O.C27H28F2N4O.C27H30N4O/c1-19-6-5-9-25(19)32-13-12-28(18-32)23-7-3-4-8-26(23)33(27(28)34)17-21-11-10-20(14-24(21)29)22-15-30-31(2)16-22;1-2-32-17-22(16-30-32)20-11-12-21(25(29)15-20)18-33-26-10-6-5-9-24(26)28(27(33)34)13-14-31(19-28)23-7-3-4-8-23;1-31-15-19(14-30-31)21-11-10-18(24(28)25(21)29)16-33-23-9-5-4-8-22(23)27(26(33)34)12-13-32(17-27)20-6-2-3-7-20;1-29-18-22(16-28-29)21-12-10-20(11-13-21)17-31-25-9-5-4-8-24(25)27(26(31)32)14-15-30(19-27)23-6-2-3-7-23/h3-4,7-8,10-11,14-16,19,25H,5-6,9,12-13,17-18H2,1-2H3;5-6,9-12,15-17,23H,2-4,7-8,13-14,18-19H2,1H3;4-5,8-11,14-15,20H,2-3,6-7,12-13,16-17H2,1H3;4-5,8-13,16,18,23H,2-3,6-7,14-15,17,19H2,1H3. The summed E-state index contributed by atoms with van der Waals surface area (Å²) in [5.74, 6) is -1.17. The normalized spacial score (nSPS) is 24.0. The maximum Gasteiger partial charge on any atom is 0.239 e. The Kier molecular flexibility index (Phi) is 24.0. The number of para-hydroxylation sites is 4. The molecule has 0 N–H and O–H groups in total. The number of benzene rings is 8. The molecule has 6 atom stereocenters. The van der Waals surface area contributed by atoms with Crippen molar-refractivity contribution in [3.63, 3.8) is 0 Å². The minimum absolute atomic E-state index is 0.00495. The fourth-order valence-electron chi connectivity index (χ4n) is 25.2. The number of carbonyl (C=O) groups excluding carboxylic acids is 4. The van der Waals surface area contributed by atoms with Gasteiger partial charge in [0.2, 0.25) is 23.6 Å². The van der Waals surface area contributed by atoms with E-state index in [1.165, 1.54) is 108 Å². The second-order valence-corrected chi connectivity index (χ2v) is 40.1. The first kappa shape index (κ1) is 88.6. The van der Waals surface area contributed by atoms with Gasteiger partial charge in [-0.3, -0.25) is 57.5 Å². The highest BCUT2D eigenvalue weighted by Crippen LogP contribution is 2.55. The molecule has 8 aromatic carbocycles. The number of carbonyl (C=O) groups is 4. The van der Waals surface area contributed by atoms with E-state index >= 15 is 17.6 Å². The first-order valence-corrected chi connectivity index (χ1v) is 48.9. The SMILES string of the molecule is CC1CCCC1N1CCC2(C1)C(=O)N(Cc1ccc(-c3cnn(C)c3)cc1F)c1ccccc12.CCn1cc(-c2ccc(CN3C(=O)C4(CCN(C5CCCC5)C4)c4ccccc43)c(F)c2)cn1.Cn1cc(-c2ccc(CN3C(=O)C4(CCN(C5CCCC5)C4)c4ccccc43)c(F)c2F)cn1.Cn1cc(-c2ccc(CN3C(=O)C4(CCN(C5CCCC5)C4)c4ccccc43)cc2)cn1. The van der Waals surface area contributed by atoms with Crippen molar-refractivity contribution < 1.29 is 36.7 Å². The topological polar surface area (TPSA) is 165 Å². The Morgan fingerprint density at radius 3 is 1.07 bits per heavy atom. The third-order valence-electron chi connectivity index (χ3n) is 32.4. The van der Waals surface area contributed by atoms with Crippen LogP contribution in [0.15, 0.2) is 219 Å². The molecule has 4 amide bonds. The Morgan fingerprint density at radius 2 is 0.694 bits per heavy atom. The molecule has 12 heterocycles. The molecule has 12 aromatic rings. The fourth-order valence-corrected chi connectivity index (χ4v) is 25.2. The molecule has 692 valence electrons. The maximum absolute atomic E-state index is 15.2. The molecule has 12 aliphatic rings. The van der Waals surface area contributed by atoms with E-state index < -0.39 is 27.9 Å². The average molecular weight is 1810 g/mol. The van der Waals surface area contributed by atoms with Crippen molar-refractivity contribution in [1.82, 2.24) is 58.7 Å². The van der Waals surface area contributed by atoms with Crippen LogP contribution in [0.5, 0.6) is 0 Å². The Balaban J connectivity index is 0.000000107. The van der Waals surface area contributed by atoms with Gasteiger partial charge in [-0.2, -0.15) is 20.4 Å². The number of aromatic nitrogens is 8. The number of likely N-dealkylation sites (tertiary alicyclic amines) is 4. The Morgan fingerprint density at radius 1 is 0.343 bits per heavy atom. The van der Waals surface area contributed by atoms with Crippen LogP contribution in [-0.4, -0.2) is 159 Å². The van der Waals surface area contributed by atoms with Crippen molar-refractivity contribution in [2.75, 3.05) is 72.0 Å². The van der Waals surface area contributed by atoms with Crippen molar-refractivity contribution >= 4 is 46.4 Å². The number of halogens is 4. The molecule has 24 heteroatoms. The van der Waals surface area contributed by atoms with Crippen molar-refractivity contribution in [2.24, 2.45) is 27.1 Å². The number of hydrogen-bond donors (Lipinski definition) is 0. The second-order valence-electron chi connectivity index (χ2n) is 40.1. The minimum atomic E-state index is -0.911. The van der Waals surface area contributed by atoms with Crippen molar-refractivity contribution in [1.29, 1.82) is 0 Å². The molecule has 20 nitrogen and oxygen atoms in total. The zero-order valence-electron chi connectivity index (χ0n) is 77.6. The van der Waals surface area contributed by atoms with E-state index in [0.717, 1.165) is 156 Å². The van der Waals surface area contributed by atoms with Crippen LogP contribution >= 0.6 is 0 Å². The monoisotopic (exact) mass is 1800 g/mol. The zero-order chi connectivity index (χ0) is 91.9. The molecule has 8 aliphatic heterocycles. The summed E-state index contributed by atoms with van der Waals surface area (Å²) < 4.78 is 67.6. The molecular weight excluding hydrogens is 1690 g/mol. The van der Waals surface area contributed by atoms with Crippen LogP contribution in [0.3, 0.4) is 0 Å². The molecular formula is C110H120F4N16O4. The van der Waals surface area contributed by atoms with Crippen molar-refractivity contribution in [3.8, 4) is 44.5 Å². The van der Waals surface area contributed by atoms with E-state index in [1.807, 2.05) is 149 Å². The highest BCUT2D eigenvalue weighted by Gasteiger charge is 2.60. The summed E-state index contributed by atoms with van der Waals surface area (Å²) in [5, 5.41) is 16.8. The first-order valence-electron chi connectivity index (χ1n) is 48.9. The molecule has 0 bridgehead atoms. The van der Waals surface area contributed by atoms with E-state index in [1.54, 1.807) is 70.2 Å². The number of amides is 4. The fraction of sp³-hybridized carbons (Fsp3) is 0.418. The highest BCUT2D eigenvalue weighted by molar-refractivity contribution is 6.11. The lowest BCUT2D eigenvalue weighted by atomic mass is 9.81. The molecule has 4 spiro atoms. The number of anilines is 4. The van der Waals surface area contributed by atoms with Crippen LogP contribution in [0.4, 0.5) is 40.3 Å². The lowest BCUT2D eigenvalue weighted by molar-refractivity contribution is -0.123. The maximum atomic E-state index is 15.2. The van der Waals surface area contributed by atoms with Gasteiger partial charge in [0, 0.05) is 170 Å². The summed E-state index contributed by atoms with van der Waals surface area (Å²) in [5.41, 5.74) is 15.0. The summed E-state index contributed by atoms with van der Waals surface area (Å²) in [4.78, 5) is 73.3. The Labute approximate surface area is 782 Å². The van der Waals surface area contributed by atoms with Gasteiger partial charge < -0.3 is 19.6 Å². The third-order valence-corrected chi connectivity index (χ3v) is 32.4. The number of aryl methyl sites for hydroxylation is 4. The van der Waals surface area contributed by atoms with Gasteiger partial charge in [0.25, 0.3) is 0 Å². The Bertz CT molecular complexity index is 6410. The van der Waals surface area contributed by atoms with Gasteiger partial charge in [-0.25, -0.2) is 17.6 Å². The van der Waals surface area contributed by atoms with Crippen LogP contribution in [0.2, 0.25) is 0 Å². The van der Waals surface area contributed by atoms with Crippen molar-refractivity contribution in [3.05, 3.63) is 287 Å². The number of fused-ring (bicyclic) bond motifs is 8. The van der Waals surface area contributed by atoms with Gasteiger partial charge in [0.15, 0.2) is 11.6 Å². The number of nitrogens with zero attached hydrogens (tertiary/aromatic N) is 16. The van der Waals surface area contributed by atoms with Crippen LogP contribution in [0.25, 0.3) is 44.5 Å². The van der Waals surface area contributed by atoms with Gasteiger partial charge >= 0.3 is 0 Å². The molecule has 0 radical (unpaired) electrons. The van der Waals surface area contributed by atoms with Crippen LogP contribution < -0.4 is 19.6 Å². The number of hydrogen-bond acceptors (Lipinski definition) is 12. The van der Waals surface area contributed by atoms with Crippen LogP contribution in [-0.2, 0) is 94.7 Å². The number of rotatable bonds is 17. The minimum Gasteiger partial charge on any atom is -0.307 e. The van der Waals surface area contributed by atoms with Gasteiger partial charge in [-0.1, -0.05) is 185 Å². The summed E-state index contributed by atoms with van der Waals surface area (Å²) >= 11 is 0. The van der Waals surface area contributed by atoms with Gasteiger partial charge in [-0.15, -0.1) is 0 Å². The molecule has 4 saturated heterocycles. The second kappa shape index (κ2) is 36.4. The van der Waals surface area contributed by atoms with Gasteiger partial charge in [0.05, 0.1) is 72.6 Å².